The molecule has 0 spiro atoms. The van der Waals surface area contributed by atoms with Crippen molar-refractivity contribution >= 4 is 27.3 Å². The highest BCUT2D eigenvalue weighted by atomic mass is 32.2. The molecular weight excluding hydrogens is 390 g/mol. The normalized spacial score (nSPS) is 15.0. The summed E-state index contributed by atoms with van der Waals surface area (Å²) < 4.78 is 33.0. The summed E-state index contributed by atoms with van der Waals surface area (Å²) >= 11 is 0. The van der Waals surface area contributed by atoms with Crippen LogP contribution in [0.1, 0.15) is 19.3 Å². The summed E-state index contributed by atoms with van der Waals surface area (Å²) in [5.41, 5.74) is 1.35. The topological polar surface area (TPSA) is 79.0 Å². The molecule has 156 valence electrons. The molecule has 29 heavy (non-hydrogen) atoms. The molecule has 1 N–H and O–H groups in total. The molecule has 8 heteroatoms. The van der Waals surface area contributed by atoms with Crippen molar-refractivity contribution in [3.05, 3.63) is 48.5 Å². The van der Waals surface area contributed by atoms with Gasteiger partial charge in [0.15, 0.2) is 0 Å². The van der Waals surface area contributed by atoms with Crippen LogP contribution in [-0.4, -0.2) is 52.4 Å². The van der Waals surface area contributed by atoms with Gasteiger partial charge in [-0.3, -0.25) is 4.79 Å². The van der Waals surface area contributed by atoms with Crippen molar-refractivity contribution in [1.29, 1.82) is 0 Å². The maximum atomic E-state index is 13.1. The Bertz CT molecular complexity index is 942. The van der Waals surface area contributed by atoms with E-state index >= 15 is 0 Å². The van der Waals surface area contributed by atoms with Gasteiger partial charge in [-0.25, -0.2) is 8.42 Å². The number of carbonyl (C=O) groups excluding carboxylic acids is 1. The second-order valence-electron chi connectivity index (χ2n) is 7.07. The van der Waals surface area contributed by atoms with Crippen LogP contribution in [0.2, 0.25) is 0 Å². The summed E-state index contributed by atoms with van der Waals surface area (Å²) in [7, 11) is -0.412. The standard InChI is InChI=1S/C21H27N3O4S/c1-23(18-9-5-3-6-10-18)16-21(25)22-17-11-12-19(28-2)20(15-17)29(26,27)24-13-7-4-8-14-24/h3,5-6,9-12,15H,4,7-8,13-14,16H2,1-2H3,(H,22,25). The summed E-state index contributed by atoms with van der Waals surface area (Å²) in [6.45, 7) is 1.15. The predicted molar refractivity (Wildman–Crippen MR) is 114 cm³/mol. The number of anilines is 2. The Morgan fingerprint density at radius 1 is 1.10 bits per heavy atom. The van der Waals surface area contributed by atoms with Crippen LogP contribution in [0.15, 0.2) is 53.4 Å². The molecule has 1 aliphatic heterocycles. The number of sulfonamides is 1. The molecule has 0 atom stereocenters. The highest BCUT2D eigenvalue weighted by molar-refractivity contribution is 7.89. The number of amides is 1. The second kappa shape index (κ2) is 9.28. The summed E-state index contributed by atoms with van der Waals surface area (Å²) in [6.07, 6.45) is 2.74. The van der Waals surface area contributed by atoms with Gasteiger partial charge in [0.05, 0.1) is 13.7 Å². The third-order valence-electron chi connectivity index (χ3n) is 4.96. The van der Waals surface area contributed by atoms with Crippen LogP contribution in [0, 0.1) is 0 Å². The smallest absolute Gasteiger partial charge is 0.246 e. The Morgan fingerprint density at radius 2 is 1.79 bits per heavy atom. The van der Waals surface area contributed by atoms with Crippen molar-refractivity contribution in [2.45, 2.75) is 24.2 Å². The first-order valence-corrected chi connectivity index (χ1v) is 11.1. The molecule has 1 fully saturated rings. The first-order chi connectivity index (χ1) is 13.9. The number of methoxy groups -OCH3 is 1. The molecule has 1 saturated heterocycles. The van der Waals surface area contributed by atoms with Gasteiger partial charge >= 0.3 is 0 Å². The van der Waals surface area contributed by atoms with E-state index in [1.807, 2.05) is 42.3 Å². The van der Waals surface area contributed by atoms with Gasteiger partial charge in [0.25, 0.3) is 0 Å². The number of piperidine rings is 1. The van der Waals surface area contributed by atoms with E-state index in [2.05, 4.69) is 5.32 Å². The van der Waals surface area contributed by atoms with Crippen molar-refractivity contribution < 1.29 is 17.9 Å². The van der Waals surface area contributed by atoms with E-state index in [0.29, 0.717) is 18.8 Å². The molecule has 0 bridgehead atoms. The van der Waals surface area contributed by atoms with E-state index < -0.39 is 10.0 Å². The Morgan fingerprint density at radius 3 is 2.45 bits per heavy atom. The van der Waals surface area contributed by atoms with Crippen LogP contribution in [0.4, 0.5) is 11.4 Å². The third kappa shape index (κ3) is 5.07. The second-order valence-corrected chi connectivity index (χ2v) is 8.98. The van der Waals surface area contributed by atoms with Crippen LogP contribution in [0.3, 0.4) is 0 Å². The van der Waals surface area contributed by atoms with E-state index in [4.69, 9.17) is 4.74 Å². The fraction of sp³-hybridized carbons (Fsp3) is 0.381. The fourth-order valence-corrected chi connectivity index (χ4v) is 5.09. The first kappa shape index (κ1) is 21.1. The lowest BCUT2D eigenvalue weighted by molar-refractivity contribution is -0.114. The molecule has 0 radical (unpaired) electrons. The van der Waals surface area contributed by atoms with Gasteiger partial charge in [0.2, 0.25) is 15.9 Å². The van der Waals surface area contributed by atoms with Crippen LogP contribution in [-0.2, 0) is 14.8 Å². The minimum absolute atomic E-state index is 0.0797. The number of hydrogen-bond acceptors (Lipinski definition) is 5. The number of nitrogens with one attached hydrogen (secondary N) is 1. The minimum atomic E-state index is -3.68. The van der Waals surface area contributed by atoms with E-state index in [0.717, 1.165) is 24.9 Å². The van der Waals surface area contributed by atoms with Crippen LogP contribution in [0.25, 0.3) is 0 Å². The van der Waals surface area contributed by atoms with Crippen molar-refractivity contribution in [2.24, 2.45) is 0 Å². The SMILES string of the molecule is COc1ccc(NC(=O)CN(C)c2ccccc2)cc1S(=O)(=O)N1CCCCC1. The lowest BCUT2D eigenvalue weighted by atomic mass is 10.2. The molecule has 3 rings (SSSR count). The number of carbonyl (C=O) groups is 1. The summed E-state index contributed by atoms with van der Waals surface area (Å²) in [4.78, 5) is 14.4. The van der Waals surface area contributed by atoms with Crippen molar-refractivity contribution in [1.82, 2.24) is 4.31 Å². The van der Waals surface area contributed by atoms with Crippen LogP contribution >= 0.6 is 0 Å². The quantitative estimate of drug-likeness (QED) is 0.749. The van der Waals surface area contributed by atoms with E-state index in [-0.39, 0.29) is 23.1 Å². The fourth-order valence-electron chi connectivity index (χ4n) is 3.39. The molecule has 0 saturated carbocycles. The Hall–Kier alpha value is -2.58. The molecule has 1 heterocycles. The average molecular weight is 418 g/mol. The summed E-state index contributed by atoms with van der Waals surface area (Å²) in [5, 5.41) is 2.79. The molecule has 0 unspecified atom stereocenters. The zero-order valence-electron chi connectivity index (χ0n) is 16.8. The minimum Gasteiger partial charge on any atom is -0.495 e. The largest absolute Gasteiger partial charge is 0.495 e. The number of benzene rings is 2. The zero-order chi connectivity index (χ0) is 20.9. The first-order valence-electron chi connectivity index (χ1n) is 9.66. The van der Waals surface area contributed by atoms with Gasteiger partial charge in [-0.1, -0.05) is 24.6 Å². The van der Waals surface area contributed by atoms with Crippen molar-refractivity contribution in [2.75, 3.05) is 44.0 Å². The monoisotopic (exact) mass is 417 g/mol. The maximum absolute atomic E-state index is 13.1. The summed E-state index contributed by atoms with van der Waals surface area (Å²) in [6, 6.07) is 14.3. The number of ether oxygens (including phenoxy) is 1. The molecule has 2 aromatic rings. The Balaban J connectivity index is 1.77. The molecule has 0 aromatic heterocycles. The van der Waals surface area contributed by atoms with Gasteiger partial charge in [-0.05, 0) is 43.2 Å². The number of likely N-dealkylation sites (N-methyl/N-ethyl adjacent to an activating group) is 1. The van der Waals surface area contributed by atoms with Gasteiger partial charge in [0.1, 0.15) is 10.6 Å². The molecule has 1 amide bonds. The average Bonchev–Trinajstić information content (AvgIpc) is 2.74. The molecule has 7 nitrogen and oxygen atoms in total. The molecule has 2 aromatic carbocycles. The maximum Gasteiger partial charge on any atom is 0.246 e. The van der Waals surface area contributed by atoms with Crippen LogP contribution in [0.5, 0.6) is 5.75 Å². The molecular formula is C21H27N3O4S. The van der Waals surface area contributed by atoms with E-state index in [1.54, 1.807) is 12.1 Å². The van der Waals surface area contributed by atoms with Crippen molar-refractivity contribution in [3.8, 4) is 5.75 Å². The lowest BCUT2D eigenvalue weighted by Gasteiger charge is -2.26. The zero-order valence-corrected chi connectivity index (χ0v) is 17.6. The van der Waals surface area contributed by atoms with Gasteiger partial charge in [-0.2, -0.15) is 4.31 Å². The number of rotatable bonds is 7. The van der Waals surface area contributed by atoms with Crippen molar-refractivity contribution in [3.63, 3.8) is 0 Å². The van der Waals surface area contributed by atoms with E-state index in [1.165, 1.54) is 17.5 Å². The summed E-state index contributed by atoms with van der Waals surface area (Å²) in [5.74, 6) is 0.0396. The molecule has 1 aliphatic rings. The number of para-hydroxylation sites is 1. The van der Waals surface area contributed by atoms with E-state index in [9.17, 15) is 13.2 Å². The Labute approximate surface area is 172 Å². The van der Waals surface area contributed by atoms with Gasteiger partial charge < -0.3 is 15.0 Å². The van der Waals surface area contributed by atoms with Crippen LogP contribution < -0.4 is 15.0 Å². The third-order valence-corrected chi connectivity index (χ3v) is 6.88. The Kier molecular flexibility index (Phi) is 6.76. The van der Waals surface area contributed by atoms with Gasteiger partial charge in [-0.15, -0.1) is 0 Å². The highest BCUT2D eigenvalue weighted by Gasteiger charge is 2.29. The number of nitrogens with zero attached hydrogens (tertiary/aromatic N) is 2. The van der Waals surface area contributed by atoms with Gasteiger partial charge in [0, 0.05) is 31.5 Å². The molecule has 0 aliphatic carbocycles. The highest BCUT2D eigenvalue weighted by Crippen LogP contribution is 2.31. The lowest BCUT2D eigenvalue weighted by Crippen LogP contribution is -2.35. The predicted octanol–water partition coefficient (Wildman–Crippen LogP) is 2.94. The number of hydrogen-bond donors (Lipinski definition) is 1.